The lowest BCUT2D eigenvalue weighted by atomic mass is 10.3. The third kappa shape index (κ3) is 0.579. The summed E-state index contributed by atoms with van der Waals surface area (Å²) in [5.41, 5.74) is 0.803. The average Bonchev–Trinajstić information content (AvgIpc) is 2.33. The zero-order chi connectivity index (χ0) is 6.10. The molecular weight excluding hydrogens is 116 g/mol. The van der Waals surface area contributed by atoms with Crippen molar-refractivity contribution < 1.29 is 4.84 Å². The Balaban J connectivity index is 2.63. The van der Waals surface area contributed by atoms with Gasteiger partial charge in [0, 0.05) is 6.07 Å². The van der Waals surface area contributed by atoms with Crippen molar-refractivity contribution in [2.24, 2.45) is 0 Å². The van der Waals surface area contributed by atoms with Crippen LogP contribution < -0.4 is 15.2 Å². The lowest BCUT2D eigenvalue weighted by Crippen LogP contribution is -1.88. The Hall–Kier alpha value is -1.38. The van der Waals surface area contributed by atoms with Crippen molar-refractivity contribution in [1.82, 2.24) is 10.4 Å². The lowest BCUT2D eigenvalue weighted by Gasteiger charge is -1.73. The van der Waals surface area contributed by atoms with Crippen LogP contribution in [0.25, 0.3) is 0 Å². The minimum Gasteiger partial charge on any atom is -0.0980 e. The van der Waals surface area contributed by atoms with Gasteiger partial charge in [-0.3, -0.25) is 0 Å². The molecule has 3 heteroatoms. The predicted octanol–water partition coefficient (Wildman–Crippen LogP) is 0.749. The summed E-state index contributed by atoms with van der Waals surface area (Å²) in [6.45, 7) is 0. The standard InChI is InChI=1S/C6H4N2O/c1-2-4-6-5(3-1)7-8-9-6/h1-4H/q+2. The first kappa shape index (κ1) is 4.49. The van der Waals surface area contributed by atoms with E-state index in [9.17, 15) is 0 Å². The molecule has 1 aliphatic heterocycles. The number of hydrogen-bond acceptors (Lipinski definition) is 3. The zero-order valence-electron chi connectivity index (χ0n) is 4.61. The van der Waals surface area contributed by atoms with Gasteiger partial charge in [-0.1, -0.05) is 17.0 Å². The van der Waals surface area contributed by atoms with Crippen LogP contribution in [0.3, 0.4) is 0 Å². The number of para-hydroxylation sites is 1. The maximum absolute atomic E-state index is 4.76. The quantitative estimate of drug-likeness (QED) is 0.497. The highest BCUT2D eigenvalue weighted by Gasteiger charge is 2.34. The molecule has 0 fully saturated rings. The molecule has 42 valence electrons. The third-order valence-electron chi connectivity index (χ3n) is 1.15. The van der Waals surface area contributed by atoms with Gasteiger partial charge in [-0.2, -0.15) is 0 Å². The highest BCUT2D eigenvalue weighted by Crippen LogP contribution is 2.23. The summed E-state index contributed by atoms with van der Waals surface area (Å²) in [6, 6.07) is 7.46. The fourth-order valence-electron chi connectivity index (χ4n) is 0.725. The van der Waals surface area contributed by atoms with E-state index in [1.54, 1.807) is 0 Å². The minimum absolute atomic E-state index is 0.734. The van der Waals surface area contributed by atoms with Gasteiger partial charge in [0.1, 0.15) is 0 Å². The maximum atomic E-state index is 4.76. The molecule has 0 spiro atoms. The molecule has 3 nitrogen and oxygen atoms in total. The summed E-state index contributed by atoms with van der Waals surface area (Å²) in [7, 11) is 0. The first-order valence-electron chi connectivity index (χ1n) is 2.64. The van der Waals surface area contributed by atoms with Crippen LogP contribution in [0.1, 0.15) is 0 Å². The number of fused-ring (bicyclic) bond motifs is 1. The topological polar surface area (TPSA) is 37.4 Å². The molecule has 1 aromatic rings. The summed E-state index contributed by atoms with van der Waals surface area (Å²) in [5.74, 6) is 0.734. The molecule has 0 saturated carbocycles. The third-order valence-corrected chi connectivity index (χ3v) is 1.15. The van der Waals surface area contributed by atoms with Gasteiger partial charge in [0.2, 0.25) is 0 Å². The first-order valence-corrected chi connectivity index (χ1v) is 2.64. The van der Waals surface area contributed by atoms with E-state index in [4.69, 9.17) is 4.84 Å². The summed E-state index contributed by atoms with van der Waals surface area (Å²) < 4.78 is 0. The van der Waals surface area contributed by atoms with E-state index in [0.717, 1.165) is 11.4 Å². The molecule has 2 radical (unpaired) electrons. The first-order chi connectivity index (χ1) is 4.47. The van der Waals surface area contributed by atoms with Crippen LogP contribution in [0.15, 0.2) is 24.3 Å². The molecule has 0 atom stereocenters. The monoisotopic (exact) mass is 120 g/mol. The fraction of sp³-hybridized carbons (Fsp3) is 0. The molecule has 1 aliphatic rings. The normalized spacial score (nSPS) is 12.9. The van der Waals surface area contributed by atoms with Crippen molar-refractivity contribution in [1.29, 1.82) is 0 Å². The molecule has 0 bridgehead atoms. The van der Waals surface area contributed by atoms with Crippen molar-refractivity contribution in [3.63, 3.8) is 0 Å². The Morgan fingerprint density at radius 1 is 1.22 bits per heavy atom. The number of rotatable bonds is 0. The van der Waals surface area contributed by atoms with Gasteiger partial charge in [0.05, 0.1) is 0 Å². The molecule has 9 heavy (non-hydrogen) atoms. The van der Waals surface area contributed by atoms with Crippen molar-refractivity contribution >= 4 is 5.69 Å². The molecule has 0 aromatic heterocycles. The molecule has 0 aliphatic carbocycles. The van der Waals surface area contributed by atoms with E-state index in [2.05, 4.69) is 10.4 Å². The molecule has 1 heterocycles. The van der Waals surface area contributed by atoms with Gasteiger partial charge in [-0.25, -0.2) is 0 Å². The SMILES string of the molecule is c1ccc2c(c1)[N+]=[N+]O2. The molecule has 2 rings (SSSR count). The highest BCUT2D eigenvalue weighted by atomic mass is 16.7. The average molecular weight is 120 g/mol. The summed E-state index contributed by atoms with van der Waals surface area (Å²) in [4.78, 5) is 4.76. The minimum atomic E-state index is 0.734. The smallest absolute Gasteiger partial charge is 0.0980 e. The van der Waals surface area contributed by atoms with Gasteiger partial charge in [-0.05, 0) is 6.07 Å². The van der Waals surface area contributed by atoms with E-state index in [0.29, 0.717) is 0 Å². The van der Waals surface area contributed by atoms with Crippen LogP contribution in [-0.2, 0) is 0 Å². The van der Waals surface area contributed by atoms with E-state index in [1.165, 1.54) is 0 Å². The van der Waals surface area contributed by atoms with Gasteiger partial charge < -0.3 is 0 Å². The summed E-state index contributed by atoms with van der Waals surface area (Å²) in [5, 5.41) is 7.08. The van der Waals surface area contributed by atoms with Crippen LogP contribution in [0, 0.1) is 0 Å². The number of hydrogen-bond donors (Lipinski definition) is 0. The Morgan fingerprint density at radius 2 is 2.11 bits per heavy atom. The Bertz CT molecular complexity index is 257. The van der Waals surface area contributed by atoms with Gasteiger partial charge in [-0.15, -0.1) is 0 Å². The van der Waals surface area contributed by atoms with E-state index in [-0.39, 0.29) is 0 Å². The van der Waals surface area contributed by atoms with Crippen molar-refractivity contribution in [2.45, 2.75) is 0 Å². The highest BCUT2D eigenvalue weighted by molar-refractivity contribution is 5.50. The van der Waals surface area contributed by atoms with E-state index >= 15 is 0 Å². The molecule has 0 saturated heterocycles. The van der Waals surface area contributed by atoms with E-state index < -0.39 is 0 Å². The van der Waals surface area contributed by atoms with Crippen LogP contribution in [0.4, 0.5) is 5.69 Å². The van der Waals surface area contributed by atoms with E-state index in [1.807, 2.05) is 24.3 Å². The van der Waals surface area contributed by atoms with Crippen LogP contribution in [-0.4, -0.2) is 0 Å². The largest absolute Gasteiger partial charge is 0.705 e. The van der Waals surface area contributed by atoms with Crippen molar-refractivity contribution in [3.05, 3.63) is 24.3 Å². The van der Waals surface area contributed by atoms with Gasteiger partial charge in [0.25, 0.3) is 0 Å². The van der Waals surface area contributed by atoms with Crippen LogP contribution in [0.5, 0.6) is 5.75 Å². The maximum Gasteiger partial charge on any atom is 0.705 e. The van der Waals surface area contributed by atoms with Crippen molar-refractivity contribution in [3.8, 4) is 5.75 Å². The molecule has 0 amide bonds. The Morgan fingerprint density at radius 3 is 3.00 bits per heavy atom. The number of nitrogens with zero attached hydrogens (tertiary/aromatic N) is 2. The van der Waals surface area contributed by atoms with Crippen molar-refractivity contribution in [2.75, 3.05) is 0 Å². The molecule has 0 unspecified atom stereocenters. The second-order valence-corrected chi connectivity index (χ2v) is 1.74. The van der Waals surface area contributed by atoms with Crippen LogP contribution >= 0.6 is 0 Å². The molecule has 1 aromatic carbocycles. The fourth-order valence-corrected chi connectivity index (χ4v) is 0.725. The Kier molecular flexibility index (Phi) is 0.773. The lowest BCUT2D eigenvalue weighted by molar-refractivity contribution is 0.262. The Labute approximate surface area is 51.9 Å². The summed E-state index contributed by atoms with van der Waals surface area (Å²) in [6.07, 6.45) is 0. The molecular formula is C6H4N2O+2. The summed E-state index contributed by atoms with van der Waals surface area (Å²) >= 11 is 0. The van der Waals surface area contributed by atoms with Gasteiger partial charge in [0.15, 0.2) is 0 Å². The second-order valence-electron chi connectivity index (χ2n) is 1.74. The number of benzene rings is 1. The van der Waals surface area contributed by atoms with Crippen LogP contribution in [0.2, 0.25) is 0 Å². The predicted molar refractivity (Wildman–Crippen MR) is 31.0 cm³/mol. The molecule has 0 N–H and O–H groups in total. The zero-order valence-corrected chi connectivity index (χ0v) is 4.61. The van der Waals surface area contributed by atoms with Gasteiger partial charge >= 0.3 is 21.8 Å². The second kappa shape index (κ2) is 1.55.